The second kappa shape index (κ2) is 13.1. The van der Waals surface area contributed by atoms with E-state index in [0.717, 1.165) is 11.1 Å². The quantitative estimate of drug-likeness (QED) is 0.141. The monoisotopic (exact) mass is 739 g/mol. The van der Waals surface area contributed by atoms with Crippen molar-refractivity contribution >= 4 is 29.8 Å². The van der Waals surface area contributed by atoms with Gasteiger partial charge in [0.2, 0.25) is 0 Å². The van der Waals surface area contributed by atoms with Crippen molar-refractivity contribution in [3.8, 4) is 0 Å². The molecule has 12 heteroatoms. The van der Waals surface area contributed by atoms with Gasteiger partial charge in [0.15, 0.2) is 11.9 Å². The van der Waals surface area contributed by atoms with Gasteiger partial charge in [-0.15, -0.1) is 0 Å². The van der Waals surface area contributed by atoms with E-state index in [2.05, 4.69) is 5.32 Å². The van der Waals surface area contributed by atoms with Crippen LogP contribution in [-0.2, 0) is 42.9 Å². The first-order chi connectivity index (χ1) is 24.6. The number of carbonyl (C=O) groups is 5. The number of amides is 1. The fourth-order valence-corrected chi connectivity index (χ4v) is 10.5. The van der Waals surface area contributed by atoms with Crippen LogP contribution >= 0.6 is 0 Å². The van der Waals surface area contributed by atoms with E-state index in [1.54, 1.807) is 33.8 Å². The summed E-state index contributed by atoms with van der Waals surface area (Å²) in [6.07, 6.45) is 3.64. The third-order valence-corrected chi connectivity index (χ3v) is 13.9. The van der Waals surface area contributed by atoms with Crippen molar-refractivity contribution in [2.24, 2.45) is 34.5 Å². The molecule has 3 fully saturated rings. The van der Waals surface area contributed by atoms with Crippen molar-refractivity contribution in [1.82, 2.24) is 5.32 Å². The number of epoxide rings is 1. The zero-order valence-corrected chi connectivity index (χ0v) is 33.0. The van der Waals surface area contributed by atoms with Crippen LogP contribution in [0.25, 0.3) is 0 Å². The smallest absolute Gasteiger partial charge is 0.408 e. The highest BCUT2D eigenvalue weighted by Crippen LogP contribution is 2.74. The SMILES string of the molecule is CCC(C)C(NC(=O)OC(C)(C)C)C(=O)OC1C=CC(=O)C2(C)C3CCC4(C)C(C(C)C5CC(C)=C(C)C(=O)O5)=CC(OC(C)=O)C4(O)C3CC3OC132. The summed E-state index contributed by atoms with van der Waals surface area (Å²) in [4.78, 5) is 66.2. The first-order valence-electron chi connectivity index (χ1n) is 19.2. The Morgan fingerprint density at radius 2 is 1.75 bits per heavy atom. The second-order valence-corrected chi connectivity index (χ2v) is 17.8. The van der Waals surface area contributed by atoms with Crippen LogP contribution in [0.1, 0.15) is 108 Å². The third-order valence-electron chi connectivity index (χ3n) is 13.9. The molecule has 0 radical (unpaired) electrons. The molecule has 4 aliphatic carbocycles. The number of nitrogens with one attached hydrogen (secondary N) is 1. The summed E-state index contributed by atoms with van der Waals surface area (Å²) in [5, 5.41) is 15.9. The van der Waals surface area contributed by atoms with Crippen LogP contribution in [0.15, 0.2) is 34.9 Å². The van der Waals surface area contributed by atoms with Crippen molar-refractivity contribution in [3.63, 3.8) is 0 Å². The highest BCUT2D eigenvalue weighted by molar-refractivity contribution is 5.98. The van der Waals surface area contributed by atoms with Gasteiger partial charge in [0, 0.05) is 30.3 Å². The largest absolute Gasteiger partial charge is 0.458 e. The molecule has 2 heterocycles. The summed E-state index contributed by atoms with van der Waals surface area (Å²) in [5.74, 6) is -3.28. The molecule has 6 aliphatic rings. The van der Waals surface area contributed by atoms with Gasteiger partial charge in [-0.3, -0.25) is 9.59 Å². The van der Waals surface area contributed by atoms with E-state index in [1.165, 1.54) is 13.0 Å². The molecule has 1 amide bonds. The number of ether oxygens (including phenoxy) is 5. The summed E-state index contributed by atoms with van der Waals surface area (Å²) in [7, 11) is 0. The van der Waals surface area contributed by atoms with Crippen LogP contribution in [-0.4, -0.2) is 82.2 Å². The molecule has 12 nitrogen and oxygen atoms in total. The Morgan fingerprint density at radius 1 is 1.08 bits per heavy atom. The van der Waals surface area contributed by atoms with Gasteiger partial charge in [-0.25, -0.2) is 14.4 Å². The molecule has 0 bridgehead atoms. The highest BCUT2D eigenvalue weighted by atomic mass is 16.7. The van der Waals surface area contributed by atoms with E-state index >= 15 is 0 Å². The van der Waals surface area contributed by atoms with Gasteiger partial charge in [-0.05, 0) is 96.8 Å². The predicted octanol–water partition coefficient (Wildman–Crippen LogP) is 5.45. The maximum absolute atomic E-state index is 14.2. The number of alkyl carbamates (subject to hydrolysis) is 1. The molecule has 0 aromatic carbocycles. The molecular formula is C41H57NO11. The van der Waals surface area contributed by atoms with Gasteiger partial charge in [-0.1, -0.05) is 45.3 Å². The first-order valence-corrected chi connectivity index (χ1v) is 19.2. The van der Waals surface area contributed by atoms with Crippen LogP contribution in [0.5, 0.6) is 0 Å². The Bertz CT molecular complexity index is 1690. The number of hydrogen-bond donors (Lipinski definition) is 2. The van der Waals surface area contributed by atoms with Gasteiger partial charge < -0.3 is 34.1 Å². The number of carbonyl (C=O) groups excluding carboxylic acids is 5. The van der Waals surface area contributed by atoms with Crippen LogP contribution in [0, 0.1) is 34.5 Å². The first kappa shape index (κ1) is 39.2. The Labute approximate surface area is 312 Å². The normalized spacial score (nSPS) is 40.3. The summed E-state index contributed by atoms with van der Waals surface area (Å²) >= 11 is 0. The summed E-state index contributed by atoms with van der Waals surface area (Å²) < 4.78 is 30.0. The van der Waals surface area contributed by atoms with E-state index in [-0.39, 0.29) is 23.6 Å². The molecule has 0 aromatic rings. The molecular weight excluding hydrogens is 682 g/mol. The second-order valence-electron chi connectivity index (χ2n) is 17.8. The van der Waals surface area contributed by atoms with Crippen molar-refractivity contribution in [3.05, 3.63) is 34.9 Å². The summed E-state index contributed by atoms with van der Waals surface area (Å²) in [6.45, 7) is 19.8. The molecule has 292 valence electrons. The number of allylic oxidation sites excluding steroid dienone is 1. The number of ketones is 1. The minimum Gasteiger partial charge on any atom is -0.458 e. The van der Waals surface area contributed by atoms with Gasteiger partial charge in [0.05, 0.1) is 11.5 Å². The minimum absolute atomic E-state index is 0.185. The maximum Gasteiger partial charge on any atom is 0.408 e. The fraction of sp³-hybridized carbons (Fsp3) is 0.732. The Morgan fingerprint density at radius 3 is 2.36 bits per heavy atom. The lowest BCUT2D eigenvalue weighted by molar-refractivity contribution is -0.225. The third kappa shape index (κ3) is 5.88. The number of rotatable bonds is 8. The average molecular weight is 740 g/mol. The van der Waals surface area contributed by atoms with Crippen LogP contribution in [0.4, 0.5) is 4.79 Å². The van der Waals surface area contributed by atoms with Gasteiger partial charge in [0.25, 0.3) is 0 Å². The zero-order chi connectivity index (χ0) is 39.2. The molecule has 13 atom stereocenters. The topological polar surface area (TPSA) is 167 Å². The predicted molar refractivity (Wildman–Crippen MR) is 192 cm³/mol. The van der Waals surface area contributed by atoms with E-state index in [4.69, 9.17) is 23.7 Å². The molecule has 6 rings (SSSR count). The fourth-order valence-electron chi connectivity index (χ4n) is 10.5. The van der Waals surface area contributed by atoms with Crippen molar-refractivity contribution < 1.29 is 52.8 Å². The molecule has 1 saturated heterocycles. The van der Waals surface area contributed by atoms with E-state index in [9.17, 15) is 29.1 Å². The van der Waals surface area contributed by atoms with Crippen molar-refractivity contribution in [2.75, 3.05) is 0 Å². The molecule has 13 unspecified atom stereocenters. The molecule has 1 spiro atoms. The van der Waals surface area contributed by atoms with Crippen LogP contribution < -0.4 is 5.32 Å². The minimum atomic E-state index is -1.61. The van der Waals surface area contributed by atoms with Crippen LogP contribution in [0.2, 0.25) is 0 Å². The molecule has 53 heavy (non-hydrogen) atoms. The average Bonchev–Trinajstić information content (AvgIpc) is 3.76. The number of esters is 3. The molecule has 0 aromatic heterocycles. The lowest BCUT2D eigenvalue weighted by Crippen LogP contribution is -2.70. The maximum atomic E-state index is 14.2. The lowest BCUT2D eigenvalue weighted by atomic mass is 9.42. The molecule has 2 aliphatic heterocycles. The van der Waals surface area contributed by atoms with E-state index in [0.29, 0.717) is 37.7 Å². The standard InChI is InChI=1S/C41H57NO11/c1-12-20(2)33(42-36(47)53-37(7,8)9)35(46)51-30-14-13-29(44)39(11)25-15-16-38(10)26(23(5)28-17-21(3)22(4)34(45)50-28)18-31(49-24(6)43)40(38,48)27(25)19-32-41(30,39)52-32/h13-14,18,20,23,25,27-28,30-33,48H,12,15-17,19H2,1-11H3,(H,42,47). The van der Waals surface area contributed by atoms with E-state index < -0.39 is 88.0 Å². The van der Waals surface area contributed by atoms with Gasteiger partial charge in [-0.2, -0.15) is 0 Å². The number of hydrogen-bond acceptors (Lipinski definition) is 11. The summed E-state index contributed by atoms with van der Waals surface area (Å²) in [5.41, 5.74) is -3.22. The van der Waals surface area contributed by atoms with Crippen LogP contribution in [0.3, 0.4) is 0 Å². The van der Waals surface area contributed by atoms with Crippen molar-refractivity contribution in [2.45, 2.75) is 156 Å². The number of cyclic esters (lactones) is 1. The lowest BCUT2D eigenvalue weighted by Gasteiger charge is -2.61. The number of aliphatic hydroxyl groups is 1. The molecule has 2 saturated carbocycles. The molecule has 2 N–H and O–H groups in total. The van der Waals surface area contributed by atoms with E-state index in [1.807, 2.05) is 47.6 Å². The van der Waals surface area contributed by atoms with Gasteiger partial charge >= 0.3 is 24.0 Å². The highest BCUT2D eigenvalue weighted by Gasteiger charge is 2.83. The van der Waals surface area contributed by atoms with Gasteiger partial charge in [0.1, 0.15) is 35.1 Å². The Hall–Kier alpha value is -3.51. The van der Waals surface area contributed by atoms with Crippen molar-refractivity contribution in [1.29, 1.82) is 0 Å². The zero-order valence-electron chi connectivity index (χ0n) is 33.0. The summed E-state index contributed by atoms with van der Waals surface area (Å²) in [6, 6.07) is -1.01. The Balaban J connectivity index is 1.31. The number of fused-ring (bicyclic) bond motifs is 4. The Kier molecular flexibility index (Phi) is 9.66.